The molecule has 1 aromatic carbocycles. The lowest BCUT2D eigenvalue weighted by atomic mass is 9.91. The van der Waals surface area contributed by atoms with Crippen LogP contribution in [0.2, 0.25) is 0 Å². The standard InChI is InChI=1S/C20H28N4O/c25-19-9-5-4-8-18(19)24-12-10-23(11-13-24)15-17-14-21-20(22-17)16-6-2-1-3-7-16/h1-3,6-7,14,18-19,25H,4-5,8-13,15H2,(H,21,22)/t18-,19-/m0/s1. The largest absolute Gasteiger partial charge is 0.391 e. The van der Waals surface area contributed by atoms with Crippen molar-refractivity contribution in [2.24, 2.45) is 0 Å². The molecule has 0 radical (unpaired) electrons. The molecular formula is C20H28N4O. The minimum Gasteiger partial charge on any atom is -0.391 e. The summed E-state index contributed by atoms with van der Waals surface area (Å²) in [7, 11) is 0. The number of hydrogen-bond acceptors (Lipinski definition) is 4. The van der Waals surface area contributed by atoms with Gasteiger partial charge in [0.1, 0.15) is 5.82 Å². The lowest BCUT2D eigenvalue weighted by molar-refractivity contribution is -0.00487. The highest BCUT2D eigenvalue weighted by atomic mass is 16.3. The first-order valence-corrected chi connectivity index (χ1v) is 9.53. The molecule has 2 aromatic rings. The van der Waals surface area contributed by atoms with Gasteiger partial charge in [-0.2, -0.15) is 0 Å². The molecule has 4 rings (SSSR count). The van der Waals surface area contributed by atoms with Crippen LogP contribution in [0.15, 0.2) is 36.5 Å². The summed E-state index contributed by atoms with van der Waals surface area (Å²) in [6.07, 6.45) is 6.41. The van der Waals surface area contributed by atoms with Crippen LogP contribution in [0.5, 0.6) is 0 Å². The number of imidazole rings is 1. The highest BCUT2D eigenvalue weighted by Crippen LogP contribution is 2.24. The van der Waals surface area contributed by atoms with Crippen LogP contribution < -0.4 is 0 Å². The van der Waals surface area contributed by atoms with E-state index in [-0.39, 0.29) is 6.10 Å². The Morgan fingerprint density at radius 3 is 2.56 bits per heavy atom. The van der Waals surface area contributed by atoms with E-state index in [1.54, 1.807) is 0 Å². The second-order valence-corrected chi connectivity index (χ2v) is 7.35. The maximum absolute atomic E-state index is 10.3. The zero-order valence-corrected chi connectivity index (χ0v) is 14.8. The first-order chi connectivity index (χ1) is 12.3. The first-order valence-electron chi connectivity index (χ1n) is 9.53. The van der Waals surface area contributed by atoms with Gasteiger partial charge in [0, 0.05) is 56.2 Å². The Bertz CT molecular complexity index is 663. The SMILES string of the molecule is O[C@H]1CCCC[C@@H]1N1CCN(Cc2cnc(-c3ccccc3)[nH]2)CC1. The van der Waals surface area contributed by atoms with Gasteiger partial charge < -0.3 is 10.1 Å². The van der Waals surface area contributed by atoms with Crippen molar-refractivity contribution in [1.82, 2.24) is 19.8 Å². The van der Waals surface area contributed by atoms with Crippen molar-refractivity contribution < 1.29 is 5.11 Å². The van der Waals surface area contributed by atoms with Crippen molar-refractivity contribution in [1.29, 1.82) is 0 Å². The van der Waals surface area contributed by atoms with Crippen LogP contribution in [0.3, 0.4) is 0 Å². The molecule has 1 aromatic heterocycles. The number of piperazine rings is 1. The maximum Gasteiger partial charge on any atom is 0.137 e. The lowest BCUT2D eigenvalue weighted by Gasteiger charge is -2.42. The van der Waals surface area contributed by atoms with E-state index in [9.17, 15) is 5.11 Å². The van der Waals surface area contributed by atoms with E-state index in [0.717, 1.165) is 57.0 Å². The molecule has 0 bridgehead atoms. The summed E-state index contributed by atoms with van der Waals surface area (Å²) < 4.78 is 0. The topological polar surface area (TPSA) is 55.4 Å². The second-order valence-electron chi connectivity index (χ2n) is 7.35. The Balaban J connectivity index is 1.31. The Morgan fingerprint density at radius 2 is 1.80 bits per heavy atom. The quantitative estimate of drug-likeness (QED) is 0.898. The molecule has 1 saturated heterocycles. The fourth-order valence-corrected chi connectivity index (χ4v) is 4.19. The molecule has 5 heteroatoms. The van der Waals surface area contributed by atoms with Crippen molar-refractivity contribution in [3.63, 3.8) is 0 Å². The van der Waals surface area contributed by atoms with E-state index in [2.05, 4.69) is 31.9 Å². The second kappa shape index (κ2) is 7.68. The molecular weight excluding hydrogens is 312 g/mol. The Kier molecular flexibility index (Phi) is 5.15. The summed E-state index contributed by atoms with van der Waals surface area (Å²) in [5.74, 6) is 0.944. The minimum atomic E-state index is -0.124. The zero-order chi connectivity index (χ0) is 17.1. The molecule has 2 aliphatic rings. The summed E-state index contributed by atoms with van der Waals surface area (Å²) in [6.45, 7) is 5.15. The molecule has 2 N–H and O–H groups in total. The van der Waals surface area contributed by atoms with E-state index < -0.39 is 0 Å². The molecule has 134 valence electrons. The average molecular weight is 340 g/mol. The van der Waals surface area contributed by atoms with Gasteiger partial charge >= 0.3 is 0 Å². The summed E-state index contributed by atoms with van der Waals surface area (Å²) in [5, 5.41) is 10.3. The van der Waals surface area contributed by atoms with Gasteiger partial charge in [-0.15, -0.1) is 0 Å². The molecule has 1 saturated carbocycles. The molecule has 0 spiro atoms. The number of aliphatic hydroxyl groups excluding tert-OH is 1. The van der Waals surface area contributed by atoms with Crippen LogP contribution in [-0.4, -0.2) is 63.2 Å². The normalized spacial score (nSPS) is 26.0. The number of rotatable bonds is 4. The van der Waals surface area contributed by atoms with E-state index in [1.165, 1.54) is 18.5 Å². The first kappa shape index (κ1) is 16.8. The van der Waals surface area contributed by atoms with Crippen molar-refractivity contribution >= 4 is 0 Å². The third-order valence-corrected chi connectivity index (χ3v) is 5.64. The van der Waals surface area contributed by atoms with Crippen LogP contribution in [-0.2, 0) is 6.54 Å². The highest BCUT2D eigenvalue weighted by molar-refractivity contribution is 5.54. The molecule has 0 unspecified atom stereocenters. The third kappa shape index (κ3) is 3.94. The van der Waals surface area contributed by atoms with Gasteiger partial charge in [-0.05, 0) is 12.8 Å². The van der Waals surface area contributed by atoms with Gasteiger partial charge in [-0.25, -0.2) is 4.98 Å². The summed E-state index contributed by atoms with van der Waals surface area (Å²) in [5.41, 5.74) is 2.30. The van der Waals surface area contributed by atoms with Crippen LogP contribution in [0.1, 0.15) is 31.4 Å². The van der Waals surface area contributed by atoms with Crippen molar-refractivity contribution in [2.75, 3.05) is 26.2 Å². The molecule has 25 heavy (non-hydrogen) atoms. The van der Waals surface area contributed by atoms with E-state index in [1.807, 2.05) is 24.4 Å². The predicted octanol–water partition coefficient (Wildman–Crippen LogP) is 2.50. The number of H-pyrrole nitrogens is 1. The average Bonchev–Trinajstić information content (AvgIpc) is 3.12. The molecule has 2 fully saturated rings. The van der Waals surface area contributed by atoms with Gasteiger partial charge in [-0.3, -0.25) is 9.80 Å². The predicted molar refractivity (Wildman–Crippen MR) is 99.1 cm³/mol. The summed E-state index contributed by atoms with van der Waals surface area (Å²) >= 11 is 0. The van der Waals surface area contributed by atoms with Crippen molar-refractivity contribution in [2.45, 2.75) is 44.4 Å². The number of benzene rings is 1. The molecule has 1 aliphatic carbocycles. The number of aromatic nitrogens is 2. The van der Waals surface area contributed by atoms with Gasteiger partial charge in [-0.1, -0.05) is 43.2 Å². The smallest absolute Gasteiger partial charge is 0.137 e. The summed E-state index contributed by atoms with van der Waals surface area (Å²) in [6, 6.07) is 10.6. The van der Waals surface area contributed by atoms with Gasteiger partial charge in [0.05, 0.1) is 6.10 Å². The van der Waals surface area contributed by atoms with Gasteiger partial charge in [0.2, 0.25) is 0 Å². The lowest BCUT2D eigenvalue weighted by Crippen LogP contribution is -2.54. The number of aromatic amines is 1. The number of nitrogens with zero attached hydrogens (tertiary/aromatic N) is 3. The fraction of sp³-hybridized carbons (Fsp3) is 0.550. The number of aliphatic hydroxyl groups is 1. The van der Waals surface area contributed by atoms with Gasteiger partial charge in [0.25, 0.3) is 0 Å². The van der Waals surface area contributed by atoms with Gasteiger partial charge in [0.15, 0.2) is 0 Å². The zero-order valence-electron chi connectivity index (χ0n) is 14.8. The van der Waals surface area contributed by atoms with Crippen LogP contribution >= 0.6 is 0 Å². The maximum atomic E-state index is 10.3. The molecule has 5 nitrogen and oxygen atoms in total. The Morgan fingerprint density at radius 1 is 1.04 bits per heavy atom. The van der Waals surface area contributed by atoms with Crippen LogP contribution in [0, 0.1) is 0 Å². The van der Waals surface area contributed by atoms with E-state index >= 15 is 0 Å². The van der Waals surface area contributed by atoms with Crippen molar-refractivity contribution in [3.8, 4) is 11.4 Å². The van der Waals surface area contributed by atoms with Crippen molar-refractivity contribution in [3.05, 3.63) is 42.2 Å². The fourth-order valence-electron chi connectivity index (χ4n) is 4.19. The Hall–Kier alpha value is -1.69. The van der Waals surface area contributed by atoms with E-state index in [0.29, 0.717) is 6.04 Å². The molecule has 2 atom stereocenters. The molecule has 0 amide bonds. The number of hydrogen-bond donors (Lipinski definition) is 2. The van der Waals surface area contributed by atoms with Crippen LogP contribution in [0.4, 0.5) is 0 Å². The van der Waals surface area contributed by atoms with Crippen LogP contribution in [0.25, 0.3) is 11.4 Å². The van der Waals surface area contributed by atoms with E-state index in [4.69, 9.17) is 0 Å². The number of nitrogens with one attached hydrogen (secondary N) is 1. The molecule has 2 heterocycles. The minimum absolute atomic E-state index is 0.124. The molecule has 1 aliphatic heterocycles. The monoisotopic (exact) mass is 340 g/mol. The Labute approximate surface area is 149 Å². The third-order valence-electron chi connectivity index (χ3n) is 5.64. The highest BCUT2D eigenvalue weighted by Gasteiger charge is 2.30. The summed E-state index contributed by atoms with van der Waals surface area (Å²) in [4.78, 5) is 13.0.